The molecule has 2 aliphatic carbocycles. The van der Waals surface area contributed by atoms with E-state index in [-0.39, 0.29) is 59.6 Å². The normalized spacial score (nSPS) is 22.9. The lowest BCUT2D eigenvalue weighted by Crippen LogP contribution is -2.57. The second-order valence-electron chi connectivity index (χ2n) is 25.4. The molecule has 484 valence electrons. The summed E-state index contributed by atoms with van der Waals surface area (Å²) in [5, 5.41) is 15.4. The maximum atomic E-state index is 11.8. The monoisotopic (exact) mass is 1210 g/mol. The molecule has 6 fully saturated rings. The van der Waals surface area contributed by atoms with Crippen LogP contribution < -0.4 is 42.4 Å². The highest BCUT2D eigenvalue weighted by atomic mass is 16.5. The summed E-state index contributed by atoms with van der Waals surface area (Å²) in [4.78, 5) is 48.8. The maximum absolute atomic E-state index is 11.8. The van der Waals surface area contributed by atoms with Crippen LogP contribution in [0.15, 0.2) is 114 Å². The number of anilines is 2. The summed E-state index contributed by atoms with van der Waals surface area (Å²) >= 11 is 0. The second-order valence-corrected chi connectivity index (χ2v) is 25.4. The number of carbonyl (C=O) groups excluding carboxylic acids is 3. The number of imide groups is 1. The van der Waals surface area contributed by atoms with Gasteiger partial charge < -0.3 is 61.8 Å². The van der Waals surface area contributed by atoms with Crippen LogP contribution in [-0.4, -0.2) is 144 Å². The van der Waals surface area contributed by atoms with Crippen LogP contribution in [-0.2, 0) is 20.8 Å². The molecule has 8 aliphatic rings. The lowest BCUT2D eigenvalue weighted by Gasteiger charge is -2.48. The fourth-order valence-electron chi connectivity index (χ4n) is 14.6. The van der Waals surface area contributed by atoms with E-state index in [0.717, 1.165) is 101 Å². The lowest BCUT2D eigenvalue weighted by atomic mass is 9.91. The number of likely N-dealkylation sites (tertiary alicyclic amines) is 2. The zero-order valence-corrected chi connectivity index (χ0v) is 55.0. The predicted octanol–water partition coefficient (Wildman–Crippen LogP) is 11.2. The van der Waals surface area contributed by atoms with Crippen molar-refractivity contribution in [2.45, 2.75) is 213 Å². The fourth-order valence-corrected chi connectivity index (χ4v) is 14.6. The number of piperazine rings is 1. The van der Waals surface area contributed by atoms with Crippen LogP contribution in [0.25, 0.3) is 5.70 Å². The van der Waals surface area contributed by atoms with Gasteiger partial charge in [-0.2, -0.15) is 0 Å². The Labute approximate surface area is 529 Å². The Kier molecular flexibility index (Phi) is 26.9. The van der Waals surface area contributed by atoms with Gasteiger partial charge in [0.05, 0.1) is 5.70 Å². The molecule has 16 heteroatoms. The SMILES string of the molecule is C=CC1=C(C)N(C(C)C(=O)NC)CC1.CC.CC1CCN(C2CCCCC2)CC1.CC[C@@H]1CN(C(/C=C(\N)c2ccccc2O)=C(N)N)C[C@H](C)N1c1cccc(OC2CCN(C3CCCCC3)CC2)c1.O=C1CCC(N2CCc3ccccc32)C(=O)N1. The second kappa shape index (κ2) is 34.4. The molecule has 88 heavy (non-hydrogen) atoms. The van der Waals surface area contributed by atoms with Crippen molar-refractivity contribution >= 4 is 34.8 Å². The van der Waals surface area contributed by atoms with Crippen LogP contribution in [0.3, 0.4) is 0 Å². The quantitative estimate of drug-likeness (QED) is 0.0697. The van der Waals surface area contributed by atoms with Gasteiger partial charge in [0.25, 0.3) is 0 Å². The van der Waals surface area contributed by atoms with E-state index in [2.05, 4.69) is 97.7 Å². The van der Waals surface area contributed by atoms with Crippen molar-refractivity contribution in [1.29, 1.82) is 0 Å². The summed E-state index contributed by atoms with van der Waals surface area (Å²) in [5.74, 6) is 2.04. The first-order valence-corrected chi connectivity index (χ1v) is 33.8. The van der Waals surface area contributed by atoms with Crippen molar-refractivity contribution in [3.63, 3.8) is 0 Å². The first-order valence-electron chi connectivity index (χ1n) is 33.8. The molecule has 2 unspecified atom stereocenters. The van der Waals surface area contributed by atoms with Crippen LogP contribution in [0, 0.1) is 5.92 Å². The van der Waals surface area contributed by atoms with Crippen molar-refractivity contribution in [2.24, 2.45) is 23.1 Å². The van der Waals surface area contributed by atoms with Gasteiger partial charge in [0.1, 0.15) is 35.5 Å². The van der Waals surface area contributed by atoms with Gasteiger partial charge in [0, 0.05) is 111 Å². The predicted molar refractivity (Wildman–Crippen MR) is 361 cm³/mol. The highest BCUT2D eigenvalue weighted by molar-refractivity contribution is 6.02. The number of fused-ring (bicyclic) bond motifs is 1. The van der Waals surface area contributed by atoms with E-state index in [1.54, 1.807) is 31.3 Å². The fraction of sp³-hybridized carbons (Fsp3) is 0.597. The minimum Gasteiger partial charge on any atom is -0.507 e. The number of hydrogen-bond donors (Lipinski definition) is 6. The molecule has 9 N–H and O–H groups in total. The summed E-state index contributed by atoms with van der Waals surface area (Å²) in [6, 6.07) is 25.7. The topological polar surface area (TPSA) is 202 Å². The van der Waals surface area contributed by atoms with Gasteiger partial charge in [0.15, 0.2) is 0 Å². The van der Waals surface area contributed by atoms with Crippen LogP contribution >= 0.6 is 0 Å². The number of ether oxygens (including phenoxy) is 1. The molecule has 3 aromatic carbocycles. The summed E-state index contributed by atoms with van der Waals surface area (Å²) in [6.07, 6.45) is 27.4. The lowest BCUT2D eigenvalue weighted by molar-refractivity contribution is -0.134. The number of rotatable bonds is 13. The van der Waals surface area contributed by atoms with Crippen LogP contribution in [0.2, 0.25) is 0 Å². The molecule has 6 heterocycles. The molecule has 0 radical (unpaired) electrons. The van der Waals surface area contributed by atoms with E-state index >= 15 is 0 Å². The van der Waals surface area contributed by atoms with Crippen LogP contribution in [0.1, 0.15) is 175 Å². The number of hydrogen-bond acceptors (Lipinski definition) is 14. The Morgan fingerprint density at radius 2 is 1.40 bits per heavy atom. The van der Waals surface area contributed by atoms with E-state index in [1.807, 2.05) is 58.0 Å². The third-order valence-electron chi connectivity index (χ3n) is 19.7. The molecular formula is C72H111N11O5. The summed E-state index contributed by atoms with van der Waals surface area (Å²) in [6.45, 7) is 26.9. The molecule has 16 nitrogen and oxygen atoms in total. The molecule has 6 aliphatic heterocycles. The van der Waals surface area contributed by atoms with E-state index in [0.29, 0.717) is 29.8 Å². The molecule has 4 atom stereocenters. The van der Waals surface area contributed by atoms with E-state index in [1.165, 1.54) is 113 Å². The van der Waals surface area contributed by atoms with Crippen molar-refractivity contribution < 1.29 is 24.2 Å². The Morgan fingerprint density at radius 1 is 0.773 bits per heavy atom. The van der Waals surface area contributed by atoms with Gasteiger partial charge in [-0.25, -0.2) is 0 Å². The van der Waals surface area contributed by atoms with Crippen molar-refractivity contribution in [2.75, 3.05) is 69.2 Å². The van der Waals surface area contributed by atoms with Gasteiger partial charge in [-0.05, 0) is 164 Å². The molecule has 3 aromatic rings. The molecule has 2 saturated carbocycles. The Balaban J connectivity index is 0.000000194. The van der Waals surface area contributed by atoms with Crippen molar-refractivity contribution in [3.8, 4) is 11.5 Å². The zero-order chi connectivity index (χ0) is 63.3. The number of nitrogens with zero attached hydrogens (tertiary/aromatic N) is 6. The van der Waals surface area contributed by atoms with Crippen LogP contribution in [0.5, 0.6) is 11.5 Å². The minimum absolute atomic E-state index is 0.0645. The standard InChI is InChI=1S/C34H50N6O2.C13H14N2O2.C12H23N.C11H18N2O.C2H6/c1-3-25-23-39(32(34(36)37)21-31(35)30-14-7-8-15-33(30)41)22-24(2)40(25)27-12-9-13-29(20-27)42-28-16-18-38(19-17-28)26-10-5-4-6-11-26;16-12-6-5-11(13(17)14-12)15-8-7-9-3-1-2-4-10(9)15;1-11-7-9-13(10-8-11)12-5-3-2-4-6-12;1-5-10-6-7-13(8(10)2)9(3)11(14)12-4;1-2/h7-9,12-15,20-21,24-26,28,41H,3-6,10-11,16-19,22-23,35-37H2,1-2H3;1-4,11H,5-8H2,(H,14,16,17);11-12H,2-10H2,1H3;5,9H,1,6-7H2,2-4H3,(H,12,14);1-2H3/b31-21-;;;;/t24-,25+;;;;/m0..../s1. The molecule has 4 saturated heterocycles. The van der Waals surface area contributed by atoms with Crippen LogP contribution in [0.4, 0.5) is 11.4 Å². The molecule has 0 aromatic heterocycles. The number of para-hydroxylation sites is 2. The third-order valence-corrected chi connectivity index (χ3v) is 19.7. The number of carbonyl (C=O) groups is 3. The van der Waals surface area contributed by atoms with E-state index in [9.17, 15) is 19.5 Å². The largest absolute Gasteiger partial charge is 0.507 e. The maximum Gasteiger partial charge on any atom is 0.249 e. The molecular weight excluding hydrogens is 1100 g/mol. The summed E-state index contributed by atoms with van der Waals surface area (Å²) < 4.78 is 6.57. The van der Waals surface area contributed by atoms with Crippen molar-refractivity contribution in [1.82, 2.24) is 30.2 Å². The van der Waals surface area contributed by atoms with Gasteiger partial charge in [-0.3, -0.25) is 19.7 Å². The van der Waals surface area contributed by atoms with Gasteiger partial charge >= 0.3 is 0 Å². The first-order chi connectivity index (χ1) is 42.6. The van der Waals surface area contributed by atoms with Crippen molar-refractivity contribution in [3.05, 3.63) is 125 Å². The summed E-state index contributed by atoms with van der Waals surface area (Å²) in [5.41, 5.74) is 26.5. The number of allylic oxidation sites excluding steroid dienone is 3. The average molecular weight is 1210 g/mol. The van der Waals surface area contributed by atoms with E-state index < -0.39 is 0 Å². The third kappa shape index (κ3) is 18.5. The highest BCUT2D eigenvalue weighted by Gasteiger charge is 2.36. The van der Waals surface area contributed by atoms with Gasteiger partial charge in [-0.1, -0.05) is 115 Å². The highest BCUT2D eigenvalue weighted by Crippen LogP contribution is 2.35. The van der Waals surface area contributed by atoms with Gasteiger partial charge in [-0.15, -0.1) is 0 Å². The zero-order valence-electron chi connectivity index (χ0n) is 55.0. The Hall–Kier alpha value is -6.65. The van der Waals surface area contributed by atoms with E-state index in [4.69, 9.17) is 21.9 Å². The molecule has 0 spiro atoms. The number of nitrogens with one attached hydrogen (secondary N) is 2. The Bertz CT molecular complexity index is 2800. The summed E-state index contributed by atoms with van der Waals surface area (Å²) in [7, 11) is 1.67. The number of likely N-dealkylation sites (N-methyl/N-ethyl adjacent to an activating group) is 1. The molecule has 3 amide bonds. The number of phenolic OH excluding ortho intramolecular Hbond substituents is 1. The minimum atomic E-state index is -0.184. The number of benzene rings is 3. The molecule has 11 rings (SSSR count). The average Bonchev–Trinajstić information content (AvgIpc) is 4.11. The number of amides is 3. The Morgan fingerprint density at radius 3 is 1.99 bits per heavy atom. The molecule has 0 bridgehead atoms. The number of piperidine rings is 3. The van der Waals surface area contributed by atoms with Gasteiger partial charge in [0.2, 0.25) is 17.7 Å². The number of nitrogens with two attached hydrogens (primary N) is 3. The number of phenols is 1. The number of aromatic hydroxyl groups is 1. The first kappa shape index (κ1) is 68.8. The smallest absolute Gasteiger partial charge is 0.249 e.